The molecule has 21 heavy (non-hydrogen) atoms. The molecular weight excluding hydrogens is 268 g/mol. The molecule has 2 heterocycles. The molecule has 2 amide bonds. The van der Waals surface area contributed by atoms with E-state index < -0.39 is 5.91 Å². The summed E-state index contributed by atoms with van der Waals surface area (Å²) in [6.45, 7) is 1.17. The highest BCUT2D eigenvalue weighted by Crippen LogP contribution is 2.28. The second-order valence-corrected chi connectivity index (χ2v) is 5.95. The van der Waals surface area contributed by atoms with Crippen LogP contribution in [0.1, 0.15) is 54.0 Å². The fourth-order valence-electron chi connectivity index (χ4n) is 3.23. The van der Waals surface area contributed by atoms with Crippen molar-refractivity contribution in [2.24, 2.45) is 11.7 Å². The number of hydrogen-bond donors (Lipinski definition) is 1. The zero-order valence-electron chi connectivity index (χ0n) is 12.0. The van der Waals surface area contributed by atoms with E-state index in [2.05, 4.69) is 9.97 Å². The van der Waals surface area contributed by atoms with Crippen LogP contribution in [-0.2, 0) is 17.8 Å². The number of nitrogens with two attached hydrogens (primary N) is 1. The average Bonchev–Trinajstić information content (AvgIpc) is 2.98. The third kappa shape index (κ3) is 3.04. The van der Waals surface area contributed by atoms with Gasteiger partial charge in [-0.05, 0) is 30.7 Å². The van der Waals surface area contributed by atoms with Crippen molar-refractivity contribution in [1.82, 2.24) is 14.9 Å². The van der Waals surface area contributed by atoms with Crippen LogP contribution in [0.3, 0.4) is 0 Å². The zero-order valence-corrected chi connectivity index (χ0v) is 12.0. The van der Waals surface area contributed by atoms with E-state index in [-0.39, 0.29) is 11.7 Å². The summed E-state index contributed by atoms with van der Waals surface area (Å²) >= 11 is 0. The van der Waals surface area contributed by atoms with Crippen molar-refractivity contribution in [1.29, 1.82) is 0 Å². The molecule has 1 fully saturated rings. The van der Waals surface area contributed by atoms with Gasteiger partial charge in [0.1, 0.15) is 0 Å². The maximum Gasteiger partial charge on any atom is 0.286 e. The predicted octanol–water partition coefficient (Wildman–Crippen LogP) is 1.04. The van der Waals surface area contributed by atoms with Crippen molar-refractivity contribution in [2.45, 2.75) is 45.1 Å². The highest BCUT2D eigenvalue weighted by Gasteiger charge is 2.26. The van der Waals surface area contributed by atoms with Gasteiger partial charge in [0.05, 0.1) is 12.2 Å². The van der Waals surface area contributed by atoms with Gasteiger partial charge in [0, 0.05) is 19.2 Å². The highest BCUT2D eigenvalue weighted by molar-refractivity contribution is 5.88. The molecule has 1 aliphatic carbocycles. The van der Waals surface area contributed by atoms with Gasteiger partial charge in [-0.25, -0.2) is 9.97 Å². The van der Waals surface area contributed by atoms with Crippen LogP contribution in [0.25, 0.3) is 0 Å². The molecule has 0 bridgehead atoms. The highest BCUT2D eigenvalue weighted by atomic mass is 16.2. The number of fused-ring (bicyclic) bond motifs is 1. The second kappa shape index (κ2) is 5.79. The van der Waals surface area contributed by atoms with Gasteiger partial charge in [0.25, 0.3) is 5.91 Å². The Morgan fingerprint density at radius 2 is 2.10 bits per heavy atom. The van der Waals surface area contributed by atoms with Crippen molar-refractivity contribution >= 4 is 11.8 Å². The average molecular weight is 288 g/mol. The number of carbonyl (C=O) groups is 2. The van der Waals surface area contributed by atoms with Gasteiger partial charge in [0.2, 0.25) is 11.7 Å². The molecule has 2 N–H and O–H groups in total. The Morgan fingerprint density at radius 1 is 1.33 bits per heavy atom. The SMILES string of the molecule is NC(=O)c1ncc2c(n1)CN(C(=O)CC1CCCC1)CC2. The number of rotatable bonds is 3. The standard InChI is InChI=1S/C15H20N4O2/c16-14(21)15-17-8-11-5-6-19(9-12(11)18-15)13(20)7-10-3-1-2-4-10/h8,10H,1-7,9H2,(H2,16,21). The fourth-order valence-corrected chi connectivity index (χ4v) is 3.23. The summed E-state index contributed by atoms with van der Waals surface area (Å²) in [6, 6.07) is 0. The smallest absolute Gasteiger partial charge is 0.286 e. The number of nitrogens with zero attached hydrogens (tertiary/aromatic N) is 3. The molecule has 0 radical (unpaired) electrons. The van der Waals surface area contributed by atoms with E-state index in [1.165, 1.54) is 25.7 Å². The van der Waals surface area contributed by atoms with Crippen molar-refractivity contribution < 1.29 is 9.59 Å². The summed E-state index contributed by atoms with van der Waals surface area (Å²) < 4.78 is 0. The number of carbonyl (C=O) groups excluding carboxylic acids is 2. The molecule has 6 nitrogen and oxygen atoms in total. The summed E-state index contributed by atoms with van der Waals surface area (Å²) in [5.41, 5.74) is 6.96. The van der Waals surface area contributed by atoms with Gasteiger partial charge >= 0.3 is 0 Å². The number of amides is 2. The first-order valence-electron chi connectivity index (χ1n) is 7.56. The number of aromatic nitrogens is 2. The van der Waals surface area contributed by atoms with E-state index in [9.17, 15) is 9.59 Å². The molecule has 1 aromatic rings. The largest absolute Gasteiger partial charge is 0.363 e. The molecule has 2 aliphatic rings. The first-order valence-corrected chi connectivity index (χ1v) is 7.56. The lowest BCUT2D eigenvalue weighted by atomic mass is 10.0. The minimum Gasteiger partial charge on any atom is -0.363 e. The van der Waals surface area contributed by atoms with Gasteiger partial charge in [-0.15, -0.1) is 0 Å². The van der Waals surface area contributed by atoms with Crippen LogP contribution in [0, 0.1) is 5.92 Å². The minimum atomic E-state index is -0.632. The van der Waals surface area contributed by atoms with E-state index in [0.29, 0.717) is 25.4 Å². The molecule has 112 valence electrons. The van der Waals surface area contributed by atoms with Gasteiger partial charge in [-0.3, -0.25) is 9.59 Å². The second-order valence-electron chi connectivity index (χ2n) is 5.95. The van der Waals surface area contributed by atoms with E-state index >= 15 is 0 Å². The monoisotopic (exact) mass is 288 g/mol. The minimum absolute atomic E-state index is 0.0267. The molecule has 0 unspecified atom stereocenters. The van der Waals surface area contributed by atoms with E-state index in [0.717, 1.165) is 17.7 Å². The molecule has 0 aromatic carbocycles. The van der Waals surface area contributed by atoms with Crippen LogP contribution in [-0.4, -0.2) is 33.2 Å². The Morgan fingerprint density at radius 3 is 2.81 bits per heavy atom. The van der Waals surface area contributed by atoms with Crippen LogP contribution in [0.5, 0.6) is 0 Å². The quantitative estimate of drug-likeness (QED) is 0.900. The molecule has 1 saturated carbocycles. The number of hydrogen-bond acceptors (Lipinski definition) is 4. The lowest BCUT2D eigenvalue weighted by Crippen LogP contribution is -2.37. The van der Waals surface area contributed by atoms with Gasteiger partial charge in [0.15, 0.2) is 0 Å². The summed E-state index contributed by atoms with van der Waals surface area (Å²) in [4.78, 5) is 33.5. The lowest BCUT2D eigenvalue weighted by molar-refractivity contribution is -0.133. The first-order chi connectivity index (χ1) is 10.1. The Kier molecular flexibility index (Phi) is 3.86. The van der Waals surface area contributed by atoms with Crippen molar-refractivity contribution in [3.8, 4) is 0 Å². The Balaban J connectivity index is 1.69. The Labute approximate surface area is 123 Å². The molecule has 1 aliphatic heterocycles. The summed E-state index contributed by atoms with van der Waals surface area (Å²) in [5.74, 6) is 0.142. The Bertz CT molecular complexity index is 567. The van der Waals surface area contributed by atoms with Crippen LogP contribution < -0.4 is 5.73 Å². The summed E-state index contributed by atoms with van der Waals surface area (Å²) in [6.07, 6.45) is 7.87. The molecule has 1 aromatic heterocycles. The molecule has 0 saturated heterocycles. The zero-order chi connectivity index (χ0) is 14.8. The molecular formula is C15H20N4O2. The van der Waals surface area contributed by atoms with Crippen LogP contribution in [0.15, 0.2) is 6.20 Å². The third-order valence-corrected chi connectivity index (χ3v) is 4.46. The molecule has 6 heteroatoms. The fraction of sp³-hybridized carbons (Fsp3) is 0.600. The summed E-state index contributed by atoms with van der Waals surface area (Å²) in [7, 11) is 0. The third-order valence-electron chi connectivity index (χ3n) is 4.46. The normalized spacial score (nSPS) is 18.6. The predicted molar refractivity (Wildman–Crippen MR) is 76.2 cm³/mol. The maximum absolute atomic E-state index is 12.4. The lowest BCUT2D eigenvalue weighted by Gasteiger charge is -2.29. The molecule has 0 spiro atoms. The number of primary amides is 1. The van der Waals surface area contributed by atoms with Crippen molar-refractivity contribution in [3.63, 3.8) is 0 Å². The van der Waals surface area contributed by atoms with E-state index in [4.69, 9.17) is 5.73 Å². The van der Waals surface area contributed by atoms with Gasteiger partial charge < -0.3 is 10.6 Å². The molecule has 3 rings (SSSR count). The Hall–Kier alpha value is -1.98. The van der Waals surface area contributed by atoms with Crippen LogP contribution >= 0.6 is 0 Å². The first kappa shape index (κ1) is 14.0. The van der Waals surface area contributed by atoms with Crippen LogP contribution in [0.2, 0.25) is 0 Å². The summed E-state index contributed by atoms with van der Waals surface area (Å²) in [5, 5.41) is 0. The molecule has 0 atom stereocenters. The topological polar surface area (TPSA) is 89.2 Å². The van der Waals surface area contributed by atoms with Gasteiger partial charge in [-0.1, -0.05) is 12.8 Å². The van der Waals surface area contributed by atoms with Gasteiger partial charge in [-0.2, -0.15) is 0 Å². The maximum atomic E-state index is 12.4. The van der Waals surface area contributed by atoms with E-state index in [1.54, 1.807) is 6.20 Å². The van der Waals surface area contributed by atoms with Crippen molar-refractivity contribution in [3.05, 3.63) is 23.3 Å². The van der Waals surface area contributed by atoms with Crippen LogP contribution in [0.4, 0.5) is 0 Å². The van der Waals surface area contributed by atoms with Crippen molar-refractivity contribution in [2.75, 3.05) is 6.54 Å². The van der Waals surface area contributed by atoms with E-state index in [1.807, 2.05) is 4.90 Å².